The summed E-state index contributed by atoms with van der Waals surface area (Å²) in [6.45, 7) is 2.84. The zero-order valence-electron chi connectivity index (χ0n) is 16.1. The van der Waals surface area contributed by atoms with Gasteiger partial charge >= 0.3 is 0 Å². The molecule has 30 heavy (non-hydrogen) atoms. The summed E-state index contributed by atoms with van der Waals surface area (Å²) in [6.07, 6.45) is 0.937. The Kier molecular flexibility index (Phi) is 6.08. The molecule has 2 heterocycles. The van der Waals surface area contributed by atoms with Crippen molar-refractivity contribution >= 4 is 49.5 Å². The minimum atomic E-state index is -3.58. The Labute approximate surface area is 189 Å². The fourth-order valence-electron chi connectivity index (χ4n) is 3.66. The van der Waals surface area contributed by atoms with Gasteiger partial charge in [0, 0.05) is 34.1 Å². The summed E-state index contributed by atoms with van der Waals surface area (Å²) in [4.78, 5) is 6.87. The quantitative estimate of drug-likeness (QED) is 0.455. The van der Waals surface area contributed by atoms with Crippen LogP contribution in [0.2, 0.25) is 10.0 Å². The van der Waals surface area contributed by atoms with Crippen LogP contribution in [0.5, 0.6) is 0 Å². The topological polar surface area (TPSA) is 50.3 Å². The highest BCUT2D eigenvalue weighted by atomic mass is 35.5. The van der Waals surface area contributed by atoms with Crippen LogP contribution in [0.15, 0.2) is 46.7 Å². The third kappa shape index (κ3) is 4.35. The summed E-state index contributed by atoms with van der Waals surface area (Å²) in [6, 6.07) is 9.21. The molecular formula is C21H19Cl2FN2O2S2. The molecule has 1 aliphatic rings. The molecular weight excluding hydrogens is 466 g/mol. The maximum Gasteiger partial charge on any atom is 0.185 e. The number of rotatable bonds is 4. The molecule has 1 aliphatic heterocycles. The van der Waals surface area contributed by atoms with Gasteiger partial charge < -0.3 is 4.90 Å². The molecule has 1 fully saturated rings. The van der Waals surface area contributed by atoms with Gasteiger partial charge in [0.2, 0.25) is 0 Å². The molecule has 0 N–H and O–H groups in total. The Morgan fingerprint density at radius 3 is 2.43 bits per heavy atom. The summed E-state index contributed by atoms with van der Waals surface area (Å²) < 4.78 is 39.7. The number of halogens is 3. The molecule has 3 aromatic rings. The lowest BCUT2D eigenvalue weighted by Crippen LogP contribution is -2.39. The standard InChI is InChI=1S/C21H19Cl2FN2O2S2/c1-13-2-3-17(24)11-20(13)30(27,28)18-4-6-26(7-5-18)21-25-19(12-29-21)14-8-15(22)10-16(23)9-14/h2-3,8-12,18H,4-7H2,1H3. The highest BCUT2D eigenvalue weighted by molar-refractivity contribution is 7.92. The van der Waals surface area contributed by atoms with Gasteiger partial charge in [0.15, 0.2) is 15.0 Å². The van der Waals surface area contributed by atoms with Crippen LogP contribution in [0.1, 0.15) is 18.4 Å². The van der Waals surface area contributed by atoms with E-state index in [1.807, 2.05) is 17.5 Å². The second-order valence-electron chi connectivity index (χ2n) is 7.31. The fourth-order valence-corrected chi connectivity index (χ4v) is 7.06. The lowest BCUT2D eigenvalue weighted by atomic mass is 10.1. The SMILES string of the molecule is Cc1ccc(F)cc1S(=O)(=O)C1CCN(c2nc(-c3cc(Cl)cc(Cl)c3)cs2)CC1. The van der Waals surface area contributed by atoms with Crippen molar-refractivity contribution < 1.29 is 12.8 Å². The molecule has 0 aliphatic carbocycles. The first-order chi connectivity index (χ1) is 14.2. The fraction of sp³-hybridized carbons (Fsp3) is 0.286. The lowest BCUT2D eigenvalue weighted by Gasteiger charge is -2.31. The first-order valence-corrected chi connectivity index (χ1v) is 12.6. The van der Waals surface area contributed by atoms with Gasteiger partial charge in [0.25, 0.3) is 0 Å². The number of anilines is 1. The van der Waals surface area contributed by atoms with E-state index < -0.39 is 20.9 Å². The van der Waals surface area contributed by atoms with Gasteiger partial charge in [0.05, 0.1) is 15.8 Å². The lowest BCUT2D eigenvalue weighted by molar-refractivity contribution is 0.528. The molecule has 0 bridgehead atoms. The van der Waals surface area contributed by atoms with E-state index in [4.69, 9.17) is 23.2 Å². The van der Waals surface area contributed by atoms with Crippen molar-refractivity contribution in [3.63, 3.8) is 0 Å². The van der Waals surface area contributed by atoms with Gasteiger partial charge in [-0.3, -0.25) is 0 Å². The van der Waals surface area contributed by atoms with Crippen molar-refractivity contribution in [1.82, 2.24) is 4.98 Å². The molecule has 158 valence electrons. The van der Waals surface area contributed by atoms with Crippen LogP contribution in [0.4, 0.5) is 9.52 Å². The average Bonchev–Trinajstić information content (AvgIpc) is 3.19. The predicted octanol–water partition coefficient (Wildman–Crippen LogP) is 6.01. The van der Waals surface area contributed by atoms with Crippen molar-refractivity contribution in [3.8, 4) is 11.3 Å². The van der Waals surface area contributed by atoms with Crippen LogP contribution in [-0.2, 0) is 9.84 Å². The number of thiazole rings is 1. The summed E-state index contributed by atoms with van der Waals surface area (Å²) in [7, 11) is -3.58. The second-order valence-corrected chi connectivity index (χ2v) is 11.2. The average molecular weight is 485 g/mol. The van der Waals surface area contributed by atoms with E-state index in [1.165, 1.54) is 23.5 Å². The number of hydrogen-bond donors (Lipinski definition) is 0. The Hall–Kier alpha value is -1.67. The van der Waals surface area contributed by atoms with Crippen LogP contribution < -0.4 is 4.90 Å². The molecule has 0 atom stereocenters. The van der Waals surface area contributed by atoms with E-state index in [1.54, 1.807) is 13.0 Å². The zero-order valence-corrected chi connectivity index (χ0v) is 19.3. The van der Waals surface area contributed by atoms with Crippen molar-refractivity contribution in [2.24, 2.45) is 0 Å². The van der Waals surface area contributed by atoms with Gasteiger partial charge in [-0.15, -0.1) is 11.3 Å². The first kappa shape index (κ1) is 21.6. The predicted molar refractivity (Wildman–Crippen MR) is 121 cm³/mol. The van der Waals surface area contributed by atoms with E-state index in [9.17, 15) is 12.8 Å². The summed E-state index contributed by atoms with van der Waals surface area (Å²) in [5, 5.41) is 3.34. The van der Waals surface area contributed by atoms with Crippen LogP contribution >= 0.6 is 34.5 Å². The third-order valence-corrected chi connectivity index (χ3v) is 9.00. The second kappa shape index (κ2) is 8.46. The van der Waals surface area contributed by atoms with E-state index in [2.05, 4.69) is 9.88 Å². The maximum atomic E-state index is 13.6. The maximum absolute atomic E-state index is 13.6. The largest absolute Gasteiger partial charge is 0.348 e. The monoisotopic (exact) mass is 484 g/mol. The molecule has 0 unspecified atom stereocenters. The van der Waals surface area contributed by atoms with Gasteiger partial charge in [-0.05, 0) is 55.7 Å². The number of hydrogen-bond acceptors (Lipinski definition) is 5. The zero-order chi connectivity index (χ0) is 21.5. The molecule has 1 saturated heterocycles. The number of aromatic nitrogens is 1. The van der Waals surface area contributed by atoms with E-state index in [-0.39, 0.29) is 4.90 Å². The molecule has 2 aromatic carbocycles. The summed E-state index contributed by atoms with van der Waals surface area (Å²) in [5.74, 6) is -0.534. The van der Waals surface area contributed by atoms with Crippen molar-refractivity contribution in [3.05, 3.63) is 63.2 Å². The van der Waals surface area contributed by atoms with Gasteiger partial charge in [-0.2, -0.15) is 0 Å². The number of aryl methyl sites for hydroxylation is 1. The smallest absolute Gasteiger partial charge is 0.185 e. The molecule has 4 nitrogen and oxygen atoms in total. The van der Waals surface area contributed by atoms with Crippen LogP contribution in [-0.4, -0.2) is 31.7 Å². The highest BCUT2D eigenvalue weighted by Crippen LogP contribution is 2.34. The number of piperidine rings is 1. The van der Waals surface area contributed by atoms with Gasteiger partial charge in [-0.25, -0.2) is 17.8 Å². The molecule has 4 rings (SSSR count). The summed E-state index contributed by atoms with van der Waals surface area (Å²) in [5.41, 5.74) is 2.20. The Morgan fingerprint density at radius 2 is 1.77 bits per heavy atom. The molecule has 0 saturated carbocycles. The van der Waals surface area contributed by atoms with Crippen LogP contribution in [0.25, 0.3) is 11.3 Å². The molecule has 0 amide bonds. The number of benzene rings is 2. The summed E-state index contributed by atoms with van der Waals surface area (Å²) >= 11 is 13.7. The Balaban J connectivity index is 1.49. The Morgan fingerprint density at radius 1 is 1.10 bits per heavy atom. The third-order valence-electron chi connectivity index (χ3n) is 5.26. The highest BCUT2D eigenvalue weighted by Gasteiger charge is 2.33. The molecule has 9 heteroatoms. The van der Waals surface area contributed by atoms with E-state index in [0.717, 1.165) is 22.5 Å². The van der Waals surface area contributed by atoms with Gasteiger partial charge in [0.1, 0.15) is 5.82 Å². The van der Waals surface area contributed by atoms with Gasteiger partial charge in [-0.1, -0.05) is 29.3 Å². The minimum absolute atomic E-state index is 0.0929. The number of sulfone groups is 1. The van der Waals surface area contributed by atoms with Crippen molar-refractivity contribution in [2.45, 2.75) is 29.9 Å². The minimum Gasteiger partial charge on any atom is -0.348 e. The molecule has 0 spiro atoms. The normalized spacial score (nSPS) is 15.5. The Bertz CT molecular complexity index is 1170. The first-order valence-electron chi connectivity index (χ1n) is 9.41. The number of nitrogens with zero attached hydrogens (tertiary/aromatic N) is 2. The molecule has 1 aromatic heterocycles. The van der Waals surface area contributed by atoms with E-state index in [0.29, 0.717) is 41.5 Å². The molecule has 0 radical (unpaired) electrons. The van der Waals surface area contributed by atoms with Crippen molar-refractivity contribution in [1.29, 1.82) is 0 Å². The van der Waals surface area contributed by atoms with Crippen molar-refractivity contribution in [2.75, 3.05) is 18.0 Å². The van der Waals surface area contributed by atoms with Crippen LogP contribution in [0.3, 0.4) is 0 Å². The van der Waals surface area contributed by atoms with Crippen LogP contribution in [0, 0.1) is 12.7 Å². The van der Waals surface area contributed by atoms with E-state index >= 15 is 0 Å².